The molecule has 1 N–H and O–H groups in total. The fourth-order valence-electron chi connectivity index (χ4n) is 3.41. The number of methoxy groups -OCH3 is 1. The third-order valence-corrected chi connectivity index (χ3v) is 6.04. The van der Waals surface area contributed by atoms with Gasteiger partial charge in [-0.1, -0.05) is 65.1 Å². The van der Waals surface area contributed by atoms with Gasteiger partial charge in [-0.3, -0.25) is 9.48 Å². The molecule has 0 atom stereocenters. The van der Waals surface area contributed by atoms with Gasteiger partial charge in [0.05, 0.1) is 13.7 Å². The van der Waals surface area contributed by atoms with E-state index in [0.717, 1.165) is 22.4 Å². The lowest BCUT2D eigenvalue weighted by Gasteiger charge is -2.11. The van der Waals surface area contributed by atoms with Crippen LogP contribution in [0.15, 0.2) is 79.0 Å². The van der Waals surface area contributed by atoms with E-state index >= 15 is 0 Å². The summed E-state index contributed by atoms with van der Waals surface area (Å²) in [5, 5.41) is 8.43. The Labute approximate surface area is 224 Å². The Hall–Kier alpha value is -3.45. The molecule has 1 amide bonds. The molecule has 0 spiro atoms. The maximum absolute atomic E-state index is 12.5. The summed E-state index contributed by atoms with van der Waals surface area (Å²) in [5.41, 5.74) is 2.49. The number of para-hydroxylation sites is 1. The van der Waals surface area contributed by atoms with E-state index in [0.29, 0.717) is 34.0 Å². The largest absolute Gasteiger partial charge is 0.496 e. The third-order valence-electron chi connectivity index (χ3n) is 5.18. The van der Waals surface area contributed by atoms with Gasteiger partial charge < -0.3 is 14.8 Å². The molecular weight excluding hydrogens is 521 g/mol. The Morgan fingerprint density at radius 2 is 1.81 bits per heavy atom. The third kappa shape index (κ3) is 6.82. The molecule has 0 aliphatic rings. The normalized spacial score (nSPS) is 11.0. The molecule has 3 aromatic carbocycles. The number of carbonyl (C=O) groups is 1. The predicted molar refractivity (Wildman–Crippen MR) is 144 cm³/mol. The number of rotatable bonds is 9. The maximum atomic E-state index is 12.5. The molecule has 0 saturated heterocycles. The fourth-order valence-corrected chi connectivity index (χ4v) is 4.08. The minimum Gasteiger partial charge on any atom is -0.496 e. The highest BCUT2D eigenvalue weighted by Crippen LogP contribution is 2.25. The molecule has 0 radical (unpaired) electrons. The summed E-state index contributed by atoms with van der Waals surface area (Å²) in [6.07, 6.45) is 4.72. The number of nitrogens with zero attached hydrogens (tertiary/aromatic N) is 2. The van der Waals surface area contributed by atoms with Crippen molar-refractivity contribution in [1.29, 1.82) is 0 Å². The van der Waals surface area contributed by atoms with Crippen LogP contribution in [0.2, 0.25) is 15.1 Å². The standard InChI is InChI=1S/C27H22Cl3N3O3/c1-35-25-11-7-18(13-20(25)17-36-22-5-3-2-4-6-22)8-12-26(34)31-27-24(30)16-33(32-27)15-19-9-10-21(28)14-23(19)29/h2-14,16H,15,17H2,1H3,(H,31,32,34)/b12-8+. The van der Waals surface area contributed by atoms with Crippen LogP contribution >= 0.6 is 34.8 Å². The monoisotopic (exact) mass is 541 g/mol. The van der Waals surface area contributed by atoms with Gasteiger partial charge in [-0.05, 0) is 53.6 Å². The first kappa shape index (κ1) is 25.6. The van der Waals surface area contributed by atoms with Gasteiger partial charge in [-0.25, -0.2) is 0 Å². The van der Waals surface area contributed by atoms with Crippen molar-refractivity contribution in [2.75, 3.05) is 12.4 Å². The summed E-state index contributed by atoms with van der Waals surface area (Å²) in [7, 11) is 1.61. The number of halogens is 3. The van der Waals surface area contributed by atoms with Crippen LogP contribution in [0.5, 0.6) is 11.5 Å². The van der Waals surface area contributed by atoms with Crippen molar-refractivity contribution in [3.05, 3.63) is 111 Å². The molecule has 1 heterocycles. The molecule has 0 aliphatic heterocycles. The fraction of sp³-hybridized carbons (Fsp3) is 0.111. The number of aromatic nitrogens is 2. The van der Waals surface area contributed by atoms with E-state index in [1.54, 1.807) is 36.2 Å². The summed E-state index contributed by atoms with van der Waals surface area (Å²) >= 11 is 18.5. The molecule has 1 aromatic heterocycles. The van der Waals surface area contributed by atoms with Crippen molar-refractivity contribution in [1.82, 2.24) is 9.78 Å². The molecule has 0 bridgehead atoms. The van der Waals surface area contributed by atoms with Crippen LogP contribution in [0.4, 0.5) is 5.82 Å². The summed E-state index contributed by atoms with van der Waals surface area (Å²) < 4.78 is 12.9. The van der Waals surface area contributed by atoms with E-state index in [4.69, 9.17) is 44.3 Å². The second-order valence-electron chi connectivity index (χ2n) is 7.75. The van der Waals surface area contributed by atoms with Gasteiger partial charge in [0, 0.05) is 27.9 Å². The molecule has 6 nitrogen and oxygen atoms in total. The number of hydrogen-bond acceptors (Lipinski definition) is 4. The van der Waals surface area contributed by atoms with Crippen molar-refractivity contribution in [2.45, 2.75) is 13.2 Å². The number of ether oxygens (including phenoxy) is 2. The highest BCUT2D eigenvalue weighted by Gasteiger charge is 2.11. The Bertz CT molecular complexity index is 1390. The average molecular weight is 543 g/mol. The average Bonchev–Trinajstić information content (AvgIpc) is 3.22. The number of hydrogen-bond donors (Lipinski definition) is 1. The minimum absolute atomic E-state index is 0.253. The second kappa shape index (κ2) is 12.0. The SMILES string of the molecule is COc1ccc(/C=C/C(=O)Nc2nn(Cc3ccc(Cl)cc3Cl)cc2Cl)cc1COc1ccccc1. The molecule has 0 fully saturated rings. The van der Waals surface area contributed by atoms with Crippen LogP contribution in [0.3, 0.4) is 0 Å². The molecule has 0 aliphatic carbocycles. The van der Waals surface area contributed by atoms with E-state index in [1.165, 1.54) is 6.08 Å². The van der Waals surface area contributed by atoms with E-state index in [2.05, 4.69) is 10.4 Å². The summed E-state index contributed by atoms with van der Waals surface area (Å²) in [6.45, 7) is 0.701. The highest BCUT2D eigenvalue weighted by atomic mass is 35.5. The lowest BCUT2D eigenvalue weighted by Crippen LogP contribution is -2.09. The topological polar surface area (TPSA) is 65.4 Å². The lowest BCUT2D eigenvalue weighted by atomic mass is 10.1. The zero-order chi connectivity index (χ0) is 25.5. The minimum atomic E-state index is -0.371. The molecule has 4 aromatic rings. The van der Waals surface area contributed by atoms with Gasteiger partial charge >= 0.3 is 0 Å². The van der Waals surface area contributed by atoms with Crippen LogP contribution in [0.1, 0.15) is 16.7 Å². The summed E-state index contributed by atoms with van der Waals surface area (Å²) in [4.78, 5) is 12.5. The van der Waals surface area contributed by atoms with Gasteiger partial charge in [-0.15, -0.1) is 0 Å². The highest BCUT2D eigenvalue weighted by molar-refractivity contribution is 6.35. The van der Waals surface area contributed by atoms with Crippen molar-refractivity contribution in [3.63, 3.8) is 0 Å². The molecule has 4 rings (SSSR count). The molecule has 9 heteroatoms. The predicted octanol–water partition coefficient (Wildman–Crippen LogP) is 7.13. The Kier molecular flexibility index (Phi) is 8.54. The smallest absolute Gasteiger partial charge is 0.249 e. The second-order valence-corrected chi connectivity index (χ2v) is 9.01. The Morgan fingerprint density at radius 1 is 1.00 bits per heavy atom. The van der Waals surface area contributed by atoms with E-state index in [1.807, 2.05) is 54.6 Å². The van der Waals surface area contributed by atoms with Crippen LogP contribution in [0, 0.1) is 0 Å². The van der Waals surface area contributed by atoms with Crippen molar-refractivity contribution >= 4 is 52.6 Å². The van der Waals surface area contributed by atoms with Crippen molar-refractivity contribution < 1.29 is 14.3 Å². The number of carbonyl (C=O) groups excluding carboxylic acids is 1. The van der Waals surface area contributed by atoms with Crippen molar-refractivity contribution in [3.8, 4) is 11.5 Å². The zero-order valence-corrected chi connectivity index (χ0v) is 21.5. The summed E-state index contributed by atoms with van der Waals surface area (Å²) in [5.74, 6) is 1.34. The van der Waals surface area contributed by atoms with Crippen molar-refractivity contribution in [2.24, 2.45) is 0 Å². The van der Waals surface area contributed by atoms with Crippen LogP contribution < -0.4 is 14.8 Å². The first-order valence-corrected chi connectivity index (χ1v) is 12.1. The molecular formula is C27H22Cl3N3O3. The Balaban J connectivity index is 1.40. The van der Waals surface area contributed by atoms with Gasteiger partial charge in [0.15, 0.2) is 5.82 Å². The first-order valence-electron chi connectivity index (χ1n) is 10.9. The zero-order valence-electron chi connectivity index (χ0n) is 19.3. The molecule has 184 valence electrons. The van der Waals surface area contributed by atoms with E-state index < -0.39 is 0 Å². The van der Waals surface area contributed by atoms with Gasteiger partial charge in [0.2, 0.25) is 5.91 Å². The Morgan fingerprint density at radius 3 is 2.56 bits per heavy atom. The van der Waals surface area contributed by atoms with Crippen LogP contribution in [-0.4, -0.2) is 22.8 Å². The number of benzene rings is 3. The molecule has 0 unspecified atom stereocenters. The number of anilines is 1. The first-order chi connectivity index (χ1) is 17.4. The lowest BCUT2D eigenvalue weighted by molar-refractivity contribution is -0.111. The quantitative estimate of drug-likeness (QED) is 0.229. The van der Waals surface area contributed by atoms with Crippen LogP contribution in [0.25, 0.3) is 6.08 Å². The molecule has 0 saturated carbocycles. The van der Waals surface area contributed by atoms with Gasteiger partial charge in [-0.2, -0.15) is 5.10 Å². The van der Waals surface area contributed by atoms with Crippen LogP contribution in [-0.2, 0) is 17.9 Å². The number of amides is 1. The van der Waals surface area contributed by atoms with Gasteiger partial charge in [0.1, 0.15) is 23.1 Å². The maximum Gasteiger partial charge on any atom is 0.249 e. The molecule has 36 heavy (non-hydrogen) atoms. The van der Waals surface area contributed by atoms with E-state index in [9.17, 15) is 4.79 Å². The summed E-state index contributed by atoms with van der Waals surface area (Å²) in [6, 6.07) is 20.3. The van der Waals surface area contributed by atoms with Gasteiger partial charge in [0.25, 0.3) is 0 Å². The number of nitrogens with one attached hydrogen (secondary N) is 1. The van der Waals surface area contributed by atoms with E-state index in [-0.39, 0.29) is 11.7 Å².